The molecule has 0 radical (unpaired) electrons. The zero-order chi connectivity index (χ0) is 16.1. The van der Waals surface area contributed by atoms with Crippen LogP contribution in [-0.2, 0) is 4.79 Å². The summed E-state index contributed by atoms with van der Waals surface area (Å²) in [5.41, 5.74) is 2.48. The van der Waals surface area contributed by atoms with E-state index in [0.29, 0.717) is 23.7 Å². The van der Waals surface area contributed by atoms with E-state index in [9.17, 15) is 9.59 Å². The predicted molar refractivity (Wildman–Crippen MR) is 91.3 cm³/mol. The van der Waals surface area contributed by atoms with Crippen LogP contribution < -0.4 is 5.32 Å². The summed E-state index contributed by atoms with van der Waals surface area (Å²) >= 11 is 1.37. The number of benzene rings is 1. The number of carbonyl (C=O) groups excluding carboxylic acids is 2. The molecule has 0 spiro atoms. The molecule has 0 saturated heterocycles. The molecule has 0 aliphatic rings. The molecule has 0 aliphatic heterocycles. The van der Waals surface area contributed by atoms with E-state index >= 15 is 0 Å². The number of anilines is 1. The number of nitrogens with one attached hydrogen (secondary N) is 1. The minimum atomic E-state index is -0.177. The molecule has 0 saturated carbocycles. The van der Waals surface area contributed by atoms with Crippen LogP contribution in [0.2, 0.25) is 0 Å². The predicted octanol–water partition coefficient (Wildman–Crippen LogP) is 3.86. The van der Waals surface area contributed by atoms with Crippen molar-refractivity contribution in [1.29, 1.82) is 0 Å². The minimum Gasteiger partial charge on any atom is -0.338 e. The van der Waals surface area contributed by atoms with Gasteiger partial charge >= 0.3 is 0 Å². The first kappa shape index (κ1) is 16.2. The van der Waals surface area contributed by atoms with Crippen LogP contribution >= 0.6 is 11.3 Å². The summed E-state index contributed by atoms with van der Waals surface area (Å²) in [5, 5.41) is 4.76. The number of carbonyl (C=O) groups is 2. The van der Waals surface area contributed by atoms with E-state index < -0.39 is 0 Å². The maximum absolute atomic E-state index is 12.6. The molecule has 1 aromatic carbocycles. The van der Waals surface area contributed by atoms with Crippen LogP contribution in [0, 0.1) is 0 Å². The van der Waals surface area contributed by atoms with Crippen molar-refractivity contribution in [1.82, 2.24) is 4.90 Å². The van der Waals surface area contributed by atoms with E-state index in [2.05, 4.69) is 5.32 Å². The first-order chi connectivity index (χ1) is 10.6. The normalized spacial score (nSPS) is 10.3. The van der Waals surface area contributed by atoms with Crippen molar-refractivity contribution >= 4 is 28.8 Å². The highest BCUT2D eigenvalue weighted by Gasteiger charge is 2.22. The quantitative estimate of drug-likeness (QED) is 0.910. The highest BCUT2D eigenvalue weighted by atomic mass is 32.1. The van der Waals surface area contributed by atoms with E-state index in [1.54, 1.807) is 4.90 Å². The van der Waals surface area contributed by atoms with Gasteiger partial charge < -0.3 is 10.2 Å². The highest BCUT2D eigenvalue weighted by molar-refractivity contribution is 7.13. The van der Waals surface area contributed by atoms with Gasteiger partial charge in [0.05, 0.1) is 5.69 Å². The molecule has 2 amide bonds. The van der Waals surface area contributed by atoms with Crippen LogP contribution in [0.3, 0.4) is 0 Å². The van der Waals surface area contributed by atoms with Crippen molar-refractivity contribution in [3.63, 3.8) is 0 Å². The fourth-order valence-corrected chi connectivity index (χ4v) is 3.30. The lowest BCUT2D eigenvalue weighted by Gasteiger charge is -2.19. The summed E-state index contributed by atoms with van der Waals surface area (Å²) in [6.45, 7) is 6.65. The van der Waals surface area contributed by atoms with Crippen LogP contribution in [0.25, 0.3) is 11.1 Å². The fourth-order valence-electron chi connectivity index (χ4n) is 2.30. The van der Waals surface area contributed by atoms with Crippen molar-refractivity contribution in [2.24, 2.45) is 0 Å². The van der Waals surface area contributed by atoms with E-state index in [-0.39, 0.29) is 11.8 Å². The van der Waals surface area contributed by atoms with E-state index in [4.69, 9.17) is 0 Å². The molecule has 0 fully saturated rings. The molecule has 0 aliphatic carbocycles. The number of hydrogen-bond acceptors (Lipinski definition) is 3. The standard InChI is InChI=1S/C17H20N2O2S/c1-4-19(5-2)17(21)16-15(18-12(3)20)14(11-22-16)13-9-7-6-8-10-13/h6-11H,4-5H2,1-3H3,(H,18,20). The monoisotopic (exact) mass is 316 g/mol. The van der Waals surface area contributed by atoms with Gasteiger partial charge in [-0.25, -0.2) is 0 Å². The van der Waals surface area contributed by atoms with Gasteiger partial charge in [0.2, 0.25) is 5.91 Å². The van der Waals surface area contributed by atoms with Crippen LogP contribution in [0.5, 0.6) is 0 Å². The summed E-state index contributed by atoms with van der Waals surface area (Å²) in [6, 6.07) is 9.76. The first-order valence-electron chi connectivity index (χ1n) is 7.32. The summed E-state index contributed by atoms with van der Waals surface area (Å²) in [7, 11) is 0. The fraction of sp³-hybridized carbons (Fsp3) is 0.294. The number of hydrogen-bond donors (Lipinski definition) is 1. The molecule has 0 bridgehead atoms. The number of rotatable bonds is 5. The van der Waals surface area contributed by atoms with E-state index in [0.717, 1.165) is 11.1 Å². The first-order valence-corrected chi connectivity index (χ1v) is 8.20. The lowest BCUT2D eigenvalue weighted by atomic mass is 10.1. The van der Waals surface area contributed by atoms with Gasteiger partial charge in [-0.3, -0.25) is 9.59 Å². The van der Waals surface area contributed by atoms with Gasteiger partial charge in [0.1, 0.15) is 4.88 Å². The zero-order valence-corrected chi connectivity index (χ0v) is 13.9. The number of thiophene rings is 1. The third-order valence-electron chi connectivity index (χ3n) is 3.42. The van der Waals surface area contributed by atoms with E-state index in [1.807, 2.05) is 49.6 Å². The maximum Gasteiger partial charge on any atom is 0.266 e. The minimum absolute atomic E-state index is 0.0408. The molecule has 22 heavy (non-hydrogen) atoms. The Morgan fingerprint density at radius 3 is 2.32 bits per heavy atom. The largest absolute Gasteiger partial charge is 0.338 e. The van der Waals surface area contributed by atoms with Gasteiger partial charge in [0.25, 0.3) is 5.91 Å². The zero-order valence-electron chi connectivity index (χ0n) is 13.1. The van der Waals surface area contributed by atoms with Crippen molar-refractivity contribution in [2.45, 2.75) is 20.8 Å². The molecule has 1 aromatic heterocycles. The molecule has 0 atom stereocenters. The summed E-state index contributed by atoms with van der Waals surface area (Å²) in [4.78, 5) is 26.5. The average molecular weight is 316 g/mol. The third-order valence-corrected chi connectivity index (χ3v) is 4.39. The Morgan fingerprint density at radius 1 is 1.14 bits per heavy atom. The lowest BCUT2D eigenvalue weighted by Crippen LogP contribution is -2.30. The van der Waals surface area contributed by atoms with Crippen LogP contribution in [-0.4, -0.2) is 29.8 Å². The van der Waals surface area contributed by atoms with Crippen LogP contribution in [0.15, 0.2) is 35.7 Å². The second kappa shape index (κ2) is 7.22. The van der Waals surface area contributed by atoms with Gasteiger partial charge in [0.15, 0.2) is 0 Å². The molecule has 0 unspecified atom stereocenters. The van der Waals surface area contributed by atoms with Crippen molar-refractivity contribution < 1.29 is 9.59 Å². The molecule has 4 nitrogen and oxygen atoms in total. The molecule has 5 heteroatoms. The van der Waals surface area contributed by atoms with Gasteiger partial charge in [-0.2, -0.15) is 0 Å². The van der Waals surface area contributed by atoms with Gasteiger partial charge in [-0.1, -0.05) is 30.3 Å². The lowest BCUT2D eigenvalue weighted by molar-refractivity contribution is -0.114. The average Bonchev–Trinajstić information content (AvgIpc) is 2.92. The Bertz CT molecular complexity index is 661. The smallest absolute Gasteiger partial charge is 0.266 e. The molecule has 2 rings (SSSR count). The Hall–Kier alpha value is -2.14. The van der Waals surface area contributed by atoms with Gasteiger partial charge in [0, 0.05) is 31.0 Å². The van der Waals surface area contributed by atoms with E-state index in [1.165, 1.54) is 18.3 Å². The maximum atomic E-state index is 12.6. The van der Waals surface area contributed by atoms with Crippen LogP contribution in [0.4, 0.5) is 5.69 Å². The summed E-state index contributed by atoms with van der Waals surface area (Å²) in [5.74, 6) is -0.217. The van der Waals surface area contributed by atoms with Crippen molar-refractivity contribution in [2.75, 3.05) is 18.4 Å². The Kier molecular flexibility index (Phi) is 5.33. The molecule has 2 aromatic rings. The second-order valence-corrected chi connectivity index (χ2v) is 5.76. The number of nitrogens with zero attached hydrogens (tertiary/aromatic N) is 1. The molecule has 1 N–H and O–H groups in total. The van der Waals surface area contributed by atoms with Crippen LogP contribution in [0.1, 0.15) is 30.4 Å². The molecule has 116 valence electrons. The molecular formula is C17H20N2O2S. The van der Waals surface area contributed by atoms with Crippen molar-refractivity contribution in [3.05, 3.63) is 40.6 Å². The highest BCUT2D eigenvalue weighted by Crippen LogP contribution is 2.37. The second-order valence-electron chi connectivity index (χ2n) is 4.88. The van der Waals surface area contributed by atoms with Gasteiger partial charge in [-0.15, -0.1) is 11.3 Å². The summed E-state index contributed by atoms with van der Waals surface area (Å²) in [6.07, 6.45) is 0. The summed E-state index contributed by atoms with van der Waals surface area (Å²) < 4.78 is 0. The SMILES string of the molecule is CCN(CC)C(=O)c1scc(-c2ccccc2)c1NC(C)=O. The molecule has 1 heterocycles. The third kappa shape index (κ3) is 3.36. The Morgan fingerprint density at radius 2 is 1.77 bits per heavy atom. The topological polar surface area (TPSA) is 49.4 Å². The molecular weight excluding hydrogens is 296 g/mol. The number of amides is 2. The Labute approximate surface area is 134 Å². The van der Waals surface area contributed by atoms with Gasteiger partial charge in [-0.05, 0) is 19.4 Å². The Balaban J connectivity index is 2.49. The van der Waals surface area contributed by atoms with Crippen molar-refractivity contribution in [3.8, 4) is 11.1 Å².